The molecule has 0 heterocycles. The van der Waals surface area contributed by atoms with Crippen LogP contribution in [0.5, 0.6) is 0 Å². The number of likely N-dealkylation sites (N-methyl/N-ethyl adjacent to an activating group) is 1. The largest absolute Gasteiger partial charge is 0.444 e. The molecule has 0 rings (SSSR count). The van der Waals surface area contributed by atoms with Gasteiger partial charge in [0.1, 0.15) is 5.60 Å². The lowest BCUT2D eigenvalue weighted by atomic mass is 10.2. The van der Waals surface area contributed by atoms with Crippen LogP contribution in [-0.2, 0) is 4.74 Å². The molecule has 0 saturated heterocycles. The maximum atomic E-state index is 11.2. The predicted octanol–water partition coefficient (Wildman–Crippen LogP) is 0.662. The van der Waals surface area contributed by atoms with Crippen molar-refractivity contribution >= 4 is 6.09 Å². The molecular formula is C11H25N3O2. The second-order valence-electron chi connectivity index (χ2n) is 4.98. The zero-order chi connectivity index (χ0) is 12.6. The van der Waals surface area contributed by atoms with Crippen LogP contribution in [0, 0.1) is 0 Å². The Morgan fingerprint density at radius 2 is 1.81 bits per heavy atom. The lowest BCUT2D eigenvalue weighted by Gasteiger charge is -2.19. The topological polar surface area (TPSA) is 53.6 Å². The fraction of sp³-hybridized carbons (Fsp3) is 0.909. The Labute approximate surface area is 98.5 Å². The standard InChI is InChI=1S/C11H25N3O2/c1-11(2,3)16-10(15)13-7-6-12-8-9-14(4)5/h12H,6-9H2,1-5H3,(H,13,15). The maximum Gasteiger partial charge on any atom is 0.407 e. The van der Waals surface area contributed by atoms with E-state index in [2.05, 4.69) is 15.5 Å². The van der Waals surface area contributed by atoms with Gasteiger partial charge in [-0.15, -0.1) is 0 Å². The van der Waals surface area contributed by atoms with E-state index in [9.17, 15) is 4.79 Å². The van der Waals surface area contributed by atoms with Crippen molar-refractivity contribution in [3.05, 3.63) is 0 Å². The third kappa shape index (κ3) is 11.3. The number of nitrogens with zero attached hydrogens (tertiary/aromatic N) is 1. The lowest BCUT2D eigenvalue weighted by molar-refractivity contribution is 0.0528. The number of nitrogens with one attached hydrogen (secondary N) is 2. The smallest absolute Gasteiger partial charge is 0.407 e. The van der Waals surface area contributed by atoms with Gasteiger partial charge in [-0.05, 0) is 34.9 Å². The minimum atomic E-state index is -0.428. The van der Waals surface area contributed by atoms with Crippen LogP contribution in [0.4, 0.5) is 4.79 Å². The summed E-state index contributed by atoms with van der Waals surface area (Å²) in [7, 11) is 4.06. The summed E-state index contributed by atoms with van der Waals surface area (Å²) >= 11 is 0. The van der Waals surface area contributed by atoms with Crippen LogP contribution < -0.4 is 10.6 Å². The Morgan fingerprint density at radius 1 is 1.19 bits per heavy atom. The molecule has 0 atom stereocenters. The van der Waals surface area contributed by atoms with Gasteiger partial charge in [0.25, 0.3) is 0 Å². The summed E-state index contributed by atoms with van der Waals surface area (Å²) in [5, 5.41) is 5.91. The number of hydrogen-bond donors (Lipinski definition) is 2. The highest BCUT2D eigenvalue weighted by Gasteiger charge is 2.15. The van der Waals surface area contributed by atoms with E-state index in [1.165, 1.54) is 0 Å². The van der Waals surface area contributed by atoms with Crippen molar-refractivity contribution < 1.29 is 9.53 Å². The average molecular weight is 231 g/mol. The van der Waals surface area contributed by atoms with E-state index >= 15 is 0 Å². The van der Waals surface area contributed by atoms with Crippen LogP contribution in [0.25, 0.3) is 0 Å². The van der Waals surface area contributed by atoms with E-state index in [4.69, 9.17) is 4.74 Å². The molecule has 2 N–H and O–H groups in total. The Hall–Kier alpha value is -0.810. The Bertz CT molecular complexity index is 200. The Kier molecular flexibility index (Phi) is 7.08. The zero-order valence-corrected chi connectivity index (χ0v) is 11.1. The maximum absolute atomic E-state index is 11.2. The second kappa shape index (κ2) is 7.46. The summed E-state index contributed by atoms with van der Waals surface area (Å²) in [5.74, 6) is 0. The van der Waals surface area contributed by atoms with Crippen molar-refractivity contribution in [3.63, 3.8) is 0 Å². The summed E-state index contributed by atoms with van der Waals surface area (Å²) in [6.07, 6.45) is -0.359. The molecule has 5 nitrogen and oxygen atoms in total. The van der Waals surface area contributed by atoms with Gasteiger partial charge in [0.05, 0.1) is 0 Å². The number of rotatable bonds is 6. The molecule has 0 radical (unpaired) electrons. The SMILES string of the molecule is CN(C)CCNCCNC(=O)OC(C)(C)C. The molecular weight excluding hydrogens is 206 g/mol. The van der Waals surface area contributed by atoms with E-state index < -0.39 is 5.60 Å². The van der Waals surface area contributed by atoms with Crippen molar-refractivity contribution in [2.75, 3.05) is 40.3 Å². The summed E-state index contributed by atoms with van der Waals surface area (Å²) in [6.45, 7) is 8.80. The molecule has 0 aliphatic rings. The van der Waals surface area contributed by atoms with Crippen LogP contribution >= 0.6 is 0 Å². The normalized spacial score (nSPS) is 11.6. The van der Waals surface area contributed by atoms with Gasteiger partial charge in [0.15, 0.2) is 0 Å². The van der Waals surface area contributed by atoms with E-state index in [1.54, 1.807) is 0 Å². The molecule has 0 spiro atoms. The van der Waals surface area contributed by atoms with Gasteiger partial charge in [-0.25, -0.2) is 4.79 Å². The number of carbonyl (C=O) groups is 1. The number of carbonyl (C=O) groups excluding carboxylic acids is 1. The Morgan fingerprint density at radius 3 is 2.31 bits per heavy atom. The summed E-state index contributed by atoms with van der Waals surface area (Å²) in [5.41, 5.74) is -0.428. The monoisotopic (exact) mass is 231 g/mol. The van der Waals surface area contributed by atoms with E-state index in [-0.39, 0.29) is 6.09 Å². The first kappa shape index (κ1) is 15.2. The molecule has 0 aliphatic carbocycles. The summed E-state index contributed by atoms with van der Waals surface area (Å²) < 4.78 is 5.10. The molecule has 0 bridgehead atoms. The highest BCUT2D eigenvalue weighted by molar-refractivity contribution is 5.67. The van der Waals surface area contributed by atoms with Crippen molar-refractivity contribution in [2.45, 2.75) is 26.4 Å². The van der Waals surface area contributed by atoms with Crippen molar-refractivity contribution in [3.8, 4) is 0 Å². The third-order valence-electron chi connectivity index (χ3n) is 1.71. The van der Waals surface area contributed by atoms with Gasteiger partial charge < -0.3 is 20.3 Å². The molecule has 1 amide bonds. The van der Waals surface area contributed by atoms with Crippen LogP contribution in [0.1, 0.15) is 20.8 Å². The third-order valence-corrected chi connectivity index (χ3v) is 1.71. The van der Waals surface area contributed by atoms with Crippen LogP contribution in [0.15, 0.2) is 0 Å². The van der Waals surface area contributed by atoms with E-state index in [1.807, 2.05) is 34.9 Å². The molecule has 0 aromatic carbocycles. The highest BCUT2D eigenvalue weighted by Crippen LogP contribution is 2.05. The zero-order valence-electron chi connectivity index (χ0n) is 11.1. The molecule has 96 valence electrons. The summed E-state index contributed by atoms with van der Waals surface area (Å²) in [6, 6.07) is 0. The molecule has 0 saturated carbocycles. The minimum Gasteiger partial charge on any atom is -0.444 e. The molecule has 5 heteroatoms. The minimum absolute atomic E-state index is 0.359. The molecule has 0 fully saturated rings. The number of ether oxygens (including phenoxy) is 1. The number of alkyl carbamates (subject to hydrolysis) is 1. The molecule has 0 unspecified atom stereocenters. The Balaban J connectivity index is 3.35. The van der Waals surface area contributed by atoms with Gasteiger partial charge in [0, 0.05) is 26.2 Å². The van der Waals surface area contributed by atoms with Gasteiger partial charge in [0.2, 0.25) is 0 Å². The quantitative estimate of drug-likeness (QED) is 0.660. The van der Waals surface area contributed by atoms with Crippen molar-refractivity contribution in [2.24, 2.45) is 0 Å². The molecule has 0 aliphatic heterocycles. The first-order valence-electron chi connectivity index (χ1n) is 5.63. The van der Waals surface area contributed by atoms with E-state index in [0.29, 0.717) is 6.54 Å². The van der Waals surface area contributed by atoms with Gasteiger partial charge >= 0.3 is 6.09 Å². The average Bonchev–Trinajstić information content (AvgIpc) is 2.07. The fourth-order valence-corrected chi connectivity index (χ4v) is 0.995. The van der Waals surface area contributed by atoms with Crippen molar-refractivity contribution in [1.29, 1.82) is 0 Å². The number of amides is 1. The first-order valence-corrected chi connectivity index (χ1v) is 5.63. The lowest BCUT2D eigenvalue weighted by Crippen LogP contribution is -2.37. The van der Waals surface area contributed by atoms with E-state index in [0.717, 1.165) is 19.6 Å². The summed E-state index contributed by atoms with van der Waals surface area (Å²) in [4.78, 5) is 13.3. The van der Waals surface area contributed by atoms with Gasteiger partial charge in [-0.3, -0.25) is 0 Å². The first-order chi connectivity index (χ1) is 7.31. The highest BCUT2D eigenvalue weighted by atomic mass is 16.6. The molecule has 16 heavy (non-hydrogen) atoms. The fourth-order valence-electron chi connectivity index (χ4n) is 0.995. The van der Waals surface area contributed by atoms with Gasteiger partial charge in [-0.1, -0.05) is 0 Å². The second-order valence-corrected chi connectivity index (χ2v) is 4.98. The van der Waals surface area contributed by atoms with Crippen LogP contribution in [0.2, 0.25) is 0 Å². The predicted molar refractivity (Wildman–Crippen MR) is 65.7 cm³/mol. The number of hydrogen-bond acceptors (Lipinski definition) is 4. The van der Waals surface area contributed by atoms with Crippen LogP contribution in [-0.4, -0.2) is 56.9 Å². The van der Waals surface area contributed by atoms with Crippen LogP contribution in [0.3, 0.4) is 0 Å². The van der Waals surface area contributed by atoms with Gasteiger partial charge in [-0.2, -0.15) is 0 Å². The van der Waals surface area contributed by atoms with Crippen molar-refractivity contribution in [1.82, 2.24) is 15.5 Å². The molecule has 0 aromatic heterocycles. The molecule has 0 aromatic rings.